The number of hydrogen-bond donors (Lipinski definition) is 1. The standard InChI is InChI=1S/C25H33NO3S2/c1-5-22(24(28)29)31-17-9-16-30-21-14-12-20(13-15-21)23(27)25(2,26(3)4)18-19-10-7-6-8-11-19/h6-8,10-15,22H,5,9,16-18H2,1-4H3,(H,28,29). The Labute approximate surface area is 194 Å². The summed E-state index contributed by atoms with van der Waals surface area (Å²) < 4.78 is 0. The number of carbonyl (C=O) groups is 2. The summed E-state index contributed by atoms with van der Waals surface area (Å²) >= 11 is 3.26. The van der Waals surface area contributed by atoms with Crippen LogP contribution in [0.25, 0.3) is 0 Å². The van der Waals surface area contributed by atoms with Crippen LogP contribution in [-0.4, -0.2) is 58.1 Å². The van der Waals surface area contributed by atoms with Gasteiger partial charge in [0.1, 0.15) is 5.25 Å². The van der Waals surface area contributed by atoms with E-state index in [9.17, 15) is 9.59 Å². The van der Waals surface area contributed by atoms with Crippen molar-refractivity contribution in [1.29, 1.82) is 0 Å². The van der Waals surface area contributed by atoms with Crippen molar-refractivity contribution >= 4 is 35.3 Å². The molecule has 0 saturated heterocycles. The largest absolute Gasteiger partial charge is 0.480 e. The minimum absolute atomic E-state index is 0.119. The molecule has 2 unspecified atom stereocenters. The summed E-state index contributed by atoms with van der Waals surface area (Å²) in [4.78, 5) is 27.6. The Kier molecular flexibility index (Phi) is 10.1. The number of carboxylic acids is 1. The van der Waals surface area contributed by atoms with Crippen LogP contribution in [0.2, 0.25) is 0 Å². The van der Waals surface area contributed by atoms with Gasteiger partial charge in [0.25, 0.3) is 0 Å². The van der Waals surface area contributed by atoms with Crippen molar-refractivity contribution in [2.75, 3.05) is 25.6 Å². The first-order valence-corrected chi connectivity index (χ1v) is 12.6. The fourth-order valence-electron chi connectivity index (χ4n) is 3.29. The van der Waals surface area contributed by atoms with E-state index < -0.39 is 11.5 Å². The smallest absolute Gasteiger partial charge is 0.316 e. The van der Waals surface area contributed by atoms with Gasteiger partial charge in [0.15, 0.2) is 5.78 Å². The van der Waals surface area contributed by atoms with Crippen molar-refractivity contribution in [1.82, 2.24) is 4.90 Å². The van der Waals surface area contributed by atoms with E-state index in [2.05, 4.69) is 12.1 Å². The number of nitrogens with zero attached hydrogens (tertiary/aromatic N) is 1. The summed E-state index contributed by atoms with van der Waals surface area (Å²) in [7, 11) is 3.91. The Morgan fingerprint density at radius 3 is 2.23 bits per heavy atom. The lowest BCUT2D eigenvalue weighted by Crippen LogP contribution is -2.50. The number of likely N-dealkylation sites (N-methyl/N-ethyl adjacent to an activating group) is 1. The molecule has 0 radical (unpaired) electrons. The lowest BCUT2D eigenvalue weighted by Gasteiger charge is -2.35. The molecule has 2 atom stereocenters. The van der Waals surface area contributed by atoms with Gasteiger partial charge in [-0.15, -0.1) is 23.5 Å². The molecule has 0 aromatic heterocycles. The van der Waals surface area contributed by atoms with Crippen LogP contribution < -0.4 is 0 Å². The Morgan fingerprint density at radius 2 is 1.68 bits per heavy atom. The van der Waals surface area contributed by atoms with Gasteiger partial charge in [0, 0.05) is 10.5 Å². The molecular formula is C25H33NO3S2. The van der Waals surface area contributed by atoms with E-state index in [1.807, 2.05) is 75.3 Å². The molecule has 4 nitrogen and oxygen atoms in total. The van der Waals surface area contributed by atoms with E-state index in [4.69, 9.17) is 5.11 Å². The highest BCUT2D eigenvalue weighted by molar-refractivity contribution is 8.01. The second-order valence-electron chi connectivity index (χ2n) is 7.99. The van der Waals surface area contributed by atoms with E-state index in [1.54, 1.807) is 11.8 Å². The Bertz CT molecular complexity index is 840. The third-order valence-corrected chi connectivity index (χ3v) is 8.07. The average Bonchev–Trinajstić information content (AvgIpc) is 2.76. The Morgan fingerprint density at radius 1 is 1.03 bits per heavy atom. The van der Waals surface area contributed by atoms with Crippen molar-refractivity contribution < 1.29 is 14.7 Å². The van der Waals surface area contributed by atoms with Gasteiger partial charge in [-0.1, -0.05) is 49.4 Å². The molecule has 0 heterocycles. The van der Waals surface area contributed by atoms with Crippen molar-refractivity contribution in [2.45, 2.75) is 48.8 Å². The van der Waals surface area contributed by atoms with Crippen molar-refractivity contribution in [3.8, 4) is 0 Å². The number of rotatable bonds is 13. The highest BCUT2D eigenvalue weighted by atomic mass is 32.2. The lowest BCUT2D eigenvalue weighted by atomic mass is 9.84. The number of thioether (sulfide) groups is 2. The van der Waals surface area contributed by atoms with Crippen molar-refractivity contribution in [3.63, 3.8) is 0 Å². The summed E-state index contributed by atoms with van der Waals surface area (Å²) in [5, 5.41) is 8.79. The molecule has 0 fully saturated rings. The summed E-state index contributed by atoms with van der Waals surface area (Å²) in [5.74, 6) is 1.17. The maximum Gasteiger partial charge on any atom is 0.316 e. The van der Waals surface area contributed by atoms with Crippen LogP contribution in [0.1, 0.15) is 42.6 Å². The predicted octanol–water partition coefficient (Wildman–Crippen LogP) is 5.51. The highest BCUT2D eigenvalue weighted by Crippen LogP contribution is 2.26. The number of benzene rings is 2. The number of Topliss-reactive ketones (excluding diaryl/α,β-unsaturated/α-hetero) is 1. The van der Waals surface area contributed by atoms with Gasteiger partial charge in [0.2, 0.25) is 0 Å². The fourth-order valence-corrected chi connectivity index (χ4v) is 5.30. The van der Waals surface area contributed by atoms with Gasteiger partial charge in [-0.2, -0.15) is 0 Å². The third kappa shape index (κ3) is 7.41. The second kappa shape index (κ2) is 12.3. The molecular weight excluding hydrogens is 426 g/mol. The summed E-state index contributed by atoms with van der Waals surface area (Å²) in [6.07, 6.45) is 2.26. The van der Waals surface area contributed by atoms with E-state index in [1.165, 1.54) is 11.8 Å². The van der Waals surface area contributed by atoms with Crippen LogP contribution in [0, 0.1) is 0 Å². The molecule has 0 aliphatic carbocycles. The Hall–Kier alpha value is -1.76. The minimum atomic E-state index is -0.725. The number of hydrogen-bond acceptors (Lipinski definition) is 5. The van der Waals surface area contributed by atoms with Crippen molar-refractivity contribution in [3.05, 3.63) is 65.7 Å². The molecule has 2 aromatic carbocycles. The van der Waals surface area contributed by atoms with Crippen LogP contribution in [-0.2, 0) is 11.2 Å². The SMILES string of the molecule is CCC(SCCCSc1ccc(C(=O)C(C)(Cc2ccccc2)N(C)C)cc1)C(=O)O. The highest BCUT2D eigenvalue weighted by Gasteiger charge is 2.36. The molecule has 0 aliphatic rings. The zero-order chi connectivity index (χ0) is 22.9. The van der Waals surface area contributed by atoms with E-state index in [-0.39, 0.29) is 11.0 Å². The number of carbonyl (C=O) groups excluding carboxylic acids is 1. The molecule has 0 spiro atoms. The topological polar surface area (TPSA) is 57.6 Å². The second-order valence-corrected chi connectivity index (χ2v) is 10.5. The number of carboxylic acid groups (broad SMARTS) is 1. The summed E-state index contributed by atoms with van der Waals surface area (Å²) in [6, 6.07) is 18.0. The first-order valence-electron chi connectivity index (χ1n) is 10.6. The van der Waals surface area contributed by atoms with Gasteiger partial charge >= 0.3 is 5.97 Å². The first-order chi connectivity index (χ1) is 14.8. The molecule has 1 N–H and O–H groups in total. The van der Waals surface area contributed by atoms with Gasteiger partial charge in [-0.05, 0) is 69.5 Å². The number of ketones is 1. The zero-order valence-corrected chi connectivity index (χ0v) is 20.5. The molecule has 168 valence electrons. The van der Waals surface area contributed by atoms with Gasteiger partial charge in [-0.25, -0.2) is 0 Å². The van der Waals surface area contributed by atoms with Crippen molar-refractivity contribution in [2.24, 2.45) is 0 Å². The maximum atomic E-state index is 13.4. The molecule has 0 amide bonds. The Balaban J connectivity index is 1.93. The predicted molar refractivity (Wildman–Crippen MR) is 133 cm³/mol. The molecule has 0 aliphatic heterocycles. The fraction of sp³-hybridized carbons (Fsp3) is 0.440. The zero-order valence-electron chi connectivity index (χ0n) is 18.8. The van der Waals surface area contributed by atoms with Crippen LogP contribution in [0.5, 0.6) is 0 Å². The first kappa shape index (κ1) is 25.5. The van der Waals surface area contributed by atoms with Crippen LogP contribution in [0.15, 0.2) is 59.5 Å². The molecule has 2 rings (SSSR count). The summed E-state index contributed by atoms with van der Waals surface area (Å²) in [6.45, 7) is 3.91. The molecule has 31 heavy (non-hydrogen) atoms. The summed E-state index contributed by atoms with van der Waals surface area (Å²) in [5.41, 5.74) is 1.25. The molecule has 6 heteroatoms. The van der Waals surface area contributed by atoms with Gasteiger partial charge in [-0.3, -0.25) is 14.5 Å². The monoisotopic (exact) mass is 459 g/mol. The average molecular weight is 460 g/mol. The third-order valence-electron chi connectivity index (χ3n) is 5.51. The van der Waals surface area contributed by atoms with Crippen LogP contribution in [0.3, 0.4) is 0 Å². The van der Waals surface area contributed by atoms with E-state index >= 15 is 0 Å². The molecule has 2 aromatic rings. The van der Waals surface area contributed by atoms with Crippen LogP contribution in [0.4, 0.5) is 0 Å². The van der Waals surface area contributed by atoms with Gasteiger partial charge < -0.3 is 5.11 Å². The molecule has 0 bridgehead atoms. The normalized spacial score (nSPS) is 14.2. The molecule has 0 saturated carbocycles. The van der Waals surface area contributed by atoms with E-state index in [0.29, 0.717) is 12.8 Å². The minimum Gasteiger partial charge on any atom is -0.480 e. The van der Waals surface area contributed by atoms with Gasteiger partial charge in [0.05, 0.1) is 5.54 Å². The van der Waals surface area contributed by atoms with E-state index in [0.717, 1.165) is 33.9 Å². The quantitative estimate of drug-likeness (QED) is 0.242. The maximum absolute atomic E-state index is 13.4. The lowest BCUT2D eigenvalue weighted by molar-refractivity contribution is -0.136. The number of aliphatic carboxylic acids is 1. The van der Waals surface area contributed by atoms with Crippen LogP contribution >= 0.6 is 23.5 Å².